The van der Waals surface area contributed by atoms with Gasteiger partial charge in [0.1, 0.15) is 11.6 Å². The van der Waals surface area contributed by atoms with Crippen LogP contribution in [0.15, 0.2) is 29.2 Å². The van der Waals surface area contributed by atoms with Gasteiger partial charge in [-0.15, -0.1) is 11.8 Å². The van der Waals surface area contributed by atoms with Crippen molar-refractivity contribution in [2.24, 2.45) is 0 Å². The third-order valence-electron chi connectivity index (χ3n) is 3.88. The van der Waals surface area contributed by atoms with Gasteiger partial charge in [0.15, 0.2) is 6.61 Å². The van der Waals surface area contributed by atoms with Gasteiger partial charge in [0, 0.05) is 11.4 Å². The number of carbonyl (C=O) groups is 3. The van der Waals surface area contributed by atoms with E-state index in [1.54, 1.807) is 26.8 Å². The molecular weight excluding hydrogens is 368 g/mol. The van der Waals surface area contributed by atoms with Crippen molar-refractivity contribution in [3.63, 3.8) is 0 Å². The average molecular weight is 394 g/mol. The molecule has 2 rings (SSSR count). The smallest absolute Gasteiger partial charge is 0.411 e. The second-order valence-electron chi connectivity index (χ2n) is 7.19. The number of thioether (sulfide) groups is 1. The monoisotopic (exact) mass is 394 g/mol. The minimum Gasteiger partial charge on any atom is -0.454 e. The van der Waals surface area contributed by atoms with Gasteiger partial charge in [-0.1, -0.05) is 12.1 Å². The minimum absolute atomic E-state index is 0.403. The van der Waals surface area contributed by atoms with E-state index in [9.17, 15) is 14.4 Å². The molecule has 7 nitrogen and oxygen atoms in total. The maximum Gasteiger partial charge on any atom is 0.411 e. The molecule has 148 valence electrons. The van der Waals surface area contributed by atoms with Crippen LogP contribution in [0.1, 0.15) is 33.6 Å². The van der Waals surface area contributed by atoms with Crippen LogP contribution in [0, 0.1) is 0 Å². The van der Waals surface area contributed by atoms with E-state index < -0.39 is 36.2 Å². The van der Waals surface area contributed by atoms with Crippen molar-refractivity contribution in [1.82, 2.24) is 4.90 Å². The number of anilines is 1. The molecule has 0 radical (unpaired) electrons. The summed E-state index contributed by atoms with van der Waals surface area (Å²) in [7, 11) is 0. The molecule has 1 aromatic rings. The fraction of sp³-hybridized carbons (Fsp3) is 0.526. The van der Waals surface area contributed by atoms with E-state index in [1.807, 2.05) is 24.5 Å². The maximum atomic E-state index is 12.4. The number of rotatable bonds is 5. The number of ether oxygens (including phenoxy) is 2. The highest BCUT2D eigenvalue weighted by Gasteiger charge is 2.37. The van der Waals surface area contributed by atoms with Crippen LogP contribution in [0.2, 0.25) is 0 Å². The number of nitrogens with one attached hydrogen (secondary N) is 1. The molecule has 0 aliphatic carbocycles. The van der Waals surface area contributed by atoms with Gasteiger partial charge in [-0.3, -0.25) is 9.69 Å². The fourth-order valence-electron chi connectivity index (χ4n) is 2.72. The third kappa shape index (κ3) is 6.16. The Morgan fingerprint density at radius 1 is 1.26 bits per heavy atom. The zero-order chi connectivity index (χ0) is 20.0. The molecule has 0 bridgehead atoms. The number of hydrogen-bond donors (Lipinski definition) is 1. The molecule has 1 aliphatic heterocycles. The molecule has 8 heteroatoms. The summed E-state index contributed by atoms with van der Waals surface area (Å²) in [4.78, 5) is 39.0. The summed E-state index contributed by atoms with van der Waals surface area (Å²) in [5, 5.41) is 2.73. The van der Waals surface area contributed by atoms with Crippen LogP contribution in [0.25, 0.3) is 0 Å². The van der Waals surface area contributed by atoms with Crippen molar-refractivity contribution in [3.8, 4) is 0 Å². The zero-order valence-corrected chi connectivity index (χ0v) is 16.9. The highest BCUT2D eigenvalue weighted by atomic mass is 32.2. The maximum absolute atomic E-state index is 12.4. The fourth-order valence-corrected chi connectivity index (χ4v) is 3.27. The van der Waals surface area contributed by atoms with Crippen LogP contribution in [0.3, 0.4) is 0 Å². The molecule has 1 heterocycles. The SMILES string of the molecule is CSc1ccccc1NC(=O)COC(=O)[C@@H]1CCCN1C(=O)OC(C)(C)C. The average Bonchev–Trinajstić information content (AvgIpc) is 3.08. The van der Waals surface area contributed by atoms with Gasteiger partial charge >= 0.3 is 12.1 Å². The van der Waals surface area contributed by atoms with Crippen LogP contribution in [-0.4, -0.2) is 53.9 Å². The van der Waals surface area contributed by atoms with Crippen LogP contribution >= 0.6 is 11.8 Å². The van der Waals surface area contributed by atoms with E-state index in [0.717, 1.165) is 4.90 Å². The Labute approximate surface area is 163 Å². The molecule has 1 N–H and O–H groups in total. The first-order valence-corrected chi connectivity index (χ1v) is 10.0. The quantitative estimate of drug-likeness (QED) is 0.609. The summed E-state index contributed by atoms with van der Waals surface area (Å²) in [6, 6.07) is 6.66. The lowest BCUT2D eigenvalue weighted by Gasteiger charge is -2.27. The molecule has 2 amide bonds. The number of nitrogens with zero attached hydrogens (tertiary/aromatic N) is 1. The van der Waals surface area contributed by atoms with Crippen molar-refractivity contribution in [2.45, 2.75) is 50.2 Å². The Kier molecular flexibility index (Phi) is 7.12. The van der Waals surface area contributed by atoms with Gasteiger partial charge < -0.3 is 14.8 Å². The number of carbonyl (C=O) groups excluding carboxylic acids is 3. The molecule has 1 aromatic carbocycles. The van der Waals surface area contributed by atoms with E-state index >= 15 is 0 Å². The summed E-state index contributed by atoms with van der Waals surface area (Å²) in [6.45, 7) is 5.34. The summed E-state index contributed by atoms with van der Waals surface area (Å²) in [5.41, 5.74) is 0.0286. The first kappa shape index (κ1) is 21.1. The van der Waals surface area contributed by atoms with Crippen LogP contribution in [0.5, 0.6) is 0 Å². The van der Waals surface area contributed by atoms with E-state index in [2.05, 4.69) is 5.32 Å². The largest absolute Gasteiger partial charge is 0.454 e. The molecule has 0 saturated carbocycles. The molecule has 1 atom stereocenters. The lowest BCUT2D eigenvalue weighted by Crippen LogP contribution is -2.44. The van der Waals surface area contributed by atoms with Gasteiger partial charge in [0.25, 0.3) is 5.91 Å². The minimum atomic E-state index is -0.717. The Balaban J connectivity index is 1.88. The second-order valence-corrected chi connectivity index (χ2v) is 8.04. The van der Waals surface area contributed by atoms with Crippen molar-refractivity contribution in [1.29, 1.82) is 0 Å². The number of likely N-dealkylation sites (tertiary alicyclic amines) is 1. The molecule has 1 aliphatic rings. The van der Waals surface area contributed by atoms with Gasteiger partial charge in [-0.25, -0.2) is 9.59 Å². The van der Waals surface area contributed by atoms with Crippen molar-refractivity contribution >= 4 is 35.4 Å². The van der Waals surface area contributed by atoms with E-state index in [0.29, 0.717) is 25.1 Å². The van der Waals surface area contributed by atoms with Gasteiger partial charge in [-0.05, 0) is 52.0 Å². The van der Waals surface area contributed by atoms with Gasteiger partial charge in [0.2, 0.25) is 0 Å². The zero-order valence-electron chi connectivity index (χ0n) is 16.1. The summed E-state index contributed by atoms with van der Waals surface area (Å²) < 4.78 is 10.5. The lowest BCUT2D eigenvalue weighted by molar-refractivity contribution is -0.151. The predicted molar refractivity (Wildman–Crippen MR) is 104 cm³/mol. The molecule has 0 aromatic heterocycles. The molecule has 1 saturated heterocycles. The third-order valence-corrected chi connectivity index (χ3v) is 4.68. The highest BCUT2D eigenvalue weighted by molar-refractivity contribution is 7.98. The van der Waals surface area contributed by atoms with E-state index in [-0.39, 0.29) is 0 Å². The first-order valence-electron chi connectivity index (χ1n) is 8.80. The van der Waals surface area contributed by atoms with Crippen molar-refractivity contribution < 1.29 is 23.9 Å². The Morgan fingerprint density at radius 2 is 1.96 bits per heavy atom. The van der Waals surface area contributed by atoms with Crippen LogP contribution in [0.4, 0.5) is 10.5 Å². The number of benzene rings is 1. The Morgan fingerprint density at radius 3 is 2.63 bits per heavy atom. The van der Waals surface area contributed by atoms with Gasteiger partial charge in [0.05, 0.1) is 5.69 Å². The predicted octanol–water partition coefficient (Wildman–Crippen LogP) is 3.29. The van der Waals surface area contributed by atoms with Crippen molar-refractivity contribution in [2.75, 3.05) is 24.7 Å². The number of hydrogen-bond acceptors (Lipinski definition) is 6. The Hall–Kier alpha value is -2.22. The molecule has 27 heavy (non-hydrogen) atoms. The normalized spacial score (nSPS) is 16.7. The standard InChI is InChI=1S/C19H26N2O5S/c1-19(2,3)26-18(24)21-11-7-9-14(21)17(23)25-12-16(22)20-13-8-5-6-10-15(13)27-4/h5-6,8,10,14H,7,9,11-12H2,1-4H3,(H,20,22)/t14-/m0/s1. The highest BCUT2D eigenvalue weighted by Crippen LogP contribution is 2.25. The topological polar surface area (TPSA) is 84.9 Å². The first-order chi connectivity index (χ1) is 12.7. The van der Waals surface area contributed by atoms with Crippen LogP contribution in [-0.2, 0) is 19.1 Å². The molecule has 0 unspecified atom stereocenters. The van der Waals surface area contributed by atoms with E-state index in [1.165, 1.54) is 16.7 Å². The lowest BCUT2D eigenvalue weighted by atomic mass is 10.2. The summed E-state index contributed by atoms with van der Waals surface area (Å²) in [6.07, 6.45) is 2.55. The molecule has 0 spiro atoms. The molecule has 1 fully saturated rings. The number of para-hydroxylation sites is 1. The van der Waals surface area contributed by atoms with Gasteiger partial charge in [-0.2, -0.15) is 0 Å². The summed E-state index contributed by atoms with van der Waals surface area (Å²) >= 11 is 1.51. The number of esters is 1. The second kappa shape index (κ2) is 9.12. The van der Waals surface area contributed by atoms with Crippen molar-refractivity contribution in [3.05, 3.63) is 24.3 Å². The summed E-state index contributed by atoms with van der Waals surface area (Å²) in [5.74, 6) is -1.02. The van der Waals surface area contributed by atoms with E-state index in [4.69, 9.17) is 9.47 Å². The molecular formula is C19H26N2O5S. The Bertz CT molecular complexity index is 702. The number of amides is 2. The van der Waals surface area contributed by atoms with Crippen LogP contribution < -0.4 is 5.32 Å².